The number of carboxylic acid groups (broad SMARTS) is 1. The Morgan fingerprint density at radius 3 is 2.68 bits per heavy atom. The van der Waals surface area contributed by atoms with Crippen molar-refractivity contribution in [2.75, 3.05) is 13.2 Å². The maximum Gasteiger partial charge on any atom is 0.338 e. The maximum absolute atomic E-state index is 13.2. The van der Waals surface area contributed by atoms with Gasteiger partial charge in [-0.1, -0.05) is 4.47 Å². The van der Waals surface area contributed by atoms with Crippen molar-refractivity contribution in [1.82, 2.24) is 4.47 Å². The quantitative estimate of drug-likeness (QED) is 0.905. The first kappa shape index (κ1) is 13.9. The van der Waals surface area contributed by atoms with Crippen LogP contribution in [0.3, 0.4) is 0 Å². The fourth-order valence-electron chi connectivity index (χ4n) is 1.71. The number of carbonyl (C=O) groups is 1. The zero-order chi connectivity index (χ0) is 14.0. The Balaban J connectivity index is 2.40. The molecule has 0 saturated carbocycles. The van der Waals surface area contributed by atoms with E-state index in [0.29, 0.717) is 6.42 Å². The fraction of sp³-hybridized carbons (Fsp3) is 0.364. The lowest BCUT2D eigenvalue weighted by atomic mass is 10.2. The largest absolute Gasteiger partial charge is 0.478 e. The third-order valence-electron chi connectivity index (χ3n) is 2.70. The lowest BCUT2D eigenvalue weighted by Gasteiger charge is -2.25. The van der Waals surface area contributed by atoms with E-state index in [-0.39, 0.29) is 18.0 Å². The maximum atomic E-state index is 13.2. The fourth-order valence-corrected chi connectivity index (χ4v) is 3.03. The molecule has 0 radical (unpaired) electrons. The number of sulfonamides is 1. The highest BCUT2D eigenvalue weighted by molar-refractivity contribution is 7.89. The molecular formula is C11H12FNO5S. The third-order valence-corrected chi connectivity index (χ3v) is 4.38. The first-order chi connectivity index (χ1) is 8.93. The number of carboxylic acids is 1. The summed E-state index contributed by atoms with van der Waals surface area (Å²) >= 11 is 0. The minimum atomic E-state index is -3.95. The second-order valence-corrected chi connectivity index (χ2v) is 5.85. The first-order valence-electron chi connectivity index (χ1n) is 5.61. The minimum Gasteiger partial charge on any atom is -0.478 e. The summed E-state index contributed by atoms with van der Waals surface area (Å²) in [7, 11) is -3.95. The molecule has 0 unspecified atom stereocenters. The normalized spacial score (nSPS) is 17.3. The SMILES string of the molecule is O=C(O)c1cc(S(=O)(=O)N2CCCCO2)ccc1F. The van der Waals surface area contributed by atoms with Crippen LogP contribution in [0.25, 0.3) is 0 Å². The summed E-state index contributed by atoms with van der Waals surface area (Å²) in [4.78, 5) is 15.5. The number of aromatic carboxylic acids is 1. The Bertz CT molecular complexity index is 595. The summed E-state index contributed by atoms with van der Waals surface area (Å²) in [6.07, 6.45) is 1.42. The summed E-state index contributed by atoms with van der Waals surface area (Å²) in [5.41, 5.74) is -0.682. The molecule has 0 atom stereocenters. The van der Waals surface area contributed by atoms with Gasteiger partial charge in [-0.2, -0.15) is 0 Å². The molecule has 2 rings (SSSR count). The molecule has 1 N–H and O–H groups in total. The van der Waals surface area contributed by atoms with Crippen LogP contribution in [-0.2, 0) is 14.9 Å². The molecule has 1 aromatic rings. The second-order valence-electron chi connectivity index (χ2n) is 4.02. The number of nitrogens with zero attached hydrogens (tertiary/aromatic N) is 1. The summed E-state index contributed by atoms with van der Waals surface area (Å²) in [5, 5.41) is 8.79. The van der Waals surface area contributed by atoms with E-state index in [1.165, 1.54) is 0 Å². The Kier molecular flexibility index (Phi) is 3.83. The molecular weight excluding hydrogens is 277 g/mol. The highest BCUT2D eigenvalue weighted by atomic mass is 32.2. The first-order valence-corrected chi connectivity index (χ1v) is 7.05. The van der Waals surface area contributed by atoms with Crippen LogP contribution in [-0.4, -0.2) is 37.1 Å². The van der Waals surface area contributed by atoms with Gasteiger partial charge in [0.15, 0.2) is 0 Å². The van der Waals surface area contributed by atoms with Crippen molar-refractivity contribution in [2.24, 2.45) is 0 Å². The molecule has 1 aliphatic heterocycles. The van der Waals surface area contributed by atoms with Crippen LogP contribution in [0.2, 0.25) is 0 Å². The van der Waals surface area contributed by atoms with Crippen molar-refractivity contribution in [3.05, 3.63) is 29.6 Å². The van der Waals surface area contributed by atoms with Crippen molar-refractivity contribution in [3.8, 4) is 0 Å². The Morgan fingerprint density at radius 1 is 1.37 bits per heavy atom. The van der Waals surface area contributed by atoms with Crippen molar-refractivity contribution < 1.29 is 27.5 Å². The molecule has 0 aliphatic carbocycles. The van der Waals surface area contributed by atoms with E-state index in [1.807, 2.05) is 0 Å². The molecule has 1 aliphatic rings. The second kappa shape index (κ2) is 5.24. The van der Waals surface area contributed by atoms with Crippen LogP contribution in [0.5, 0.6) is 0 Å². The predicted molar refractivity (Wildman–Crippen MR) is 62.4 cm³/mol. The summed E-state index contributed by atoms with van der Waals surface area (Å²) < 4.78 is 38.4. The Morgan fingerprint density at radius 2 is 2.11 bits per heavy atom. The van der Waals surface area contributed by atoms with E-state index in [2.05, 4.69) is 0 Å². The van der Waals surface area contributed by atoms with E-state index in [4.69, 9.17) is 9.94 Å². The van der Waals surface area contributed by atoms with Gasteiger partial charge in [-0.3, -0.25) is 4.84 Å². The van der Waals surface area contributed by atoms with Crippen LogP contribution in [0.1, 0.15) is 23.2 Å². The zero-order valence-corrected chi connectivity index (χ0v) is 10.7. The van der Waals surface area contributed by atoms with Gasteiger partial charge in [-0.25, -0.2) is 17.6 Å². The molecule has 104 valence electrons. The standard InChI is InChI=1S/C11H12FNO5S/c12-10-4-3-8(7-9(10)11(14)15)19(16,17)13-5-1-2-6-18-13/h3-4,7H,1-2,5-6H2,(H,14,15). The summed E-state index contributed by atoms with van der Waals surface area (Å²) in [6.45, 7) is 0.480. The number of benzene rings is 1. The molecule has 8 heteroatoms. The van der Waals surface area contributed by atoms with Gasteiger partial charge in [0.25, 0.3) is 10.0 Å². The number of rotatable bonds is 3. The molecule has 19 heavy (non-hydrogen) atoms. The molecule has 0 bridgehead atoms. The van der Waals surface area contributed by atoms with Gasteiger partial charge in [0.05, 0.1) is 17.1 Å². The minimum absolute atomic E-state index is 0.197. The monoisotopic (exact) mass is 289 g/mol. The predicted octanol–water partition coefficient (Wildman–Crippen LogP) is 1.24. The molecule has 1 saturated heterocycles. The van der Waals surface area contributed by atoms with E-state index in [1.54, 1.807) is 0 Å². The van der Waals surface area contributed by atoms with Crippen molar-refractivity contribution in [3.63, 3.8) is 0 Å². The van der Waals surface area contributed by atoms with Gasteiger partial charge in [0, 0.05) is 6.54 Å². The van der Waals surface area contributed by atoms with Gasteiger partial charge >= 0.3 is 5.97 Å². The highest BCUT2D eigenvalue weighted by Gasteiger charge is 2.28. The summed E-state index contributed by atoms with van der Waals surface area (Å²) in [6, 6.07) is 2.64. The van der Waals surface area contributed by atoms with Crippen LogP contribution in [0.15, 0.2) is 23.1 Å². The van der Waals surface area contributed by atoms with E-state index >= 15 is 0 Å². The van der Waals surface area contributed by atoms with Gasteiger partial charge in [0.1, 0.15) is 5.82 Å². The van der Waals surface area contributed by atoms with E-state index in [0.717, 1.165) is 29.1 Å². The van der Waals surface area contributed by atoms with Crippen molar-refractivity contribution in [1.29, 1.82) is 0 Å². The molecule has 6 nitrogen and oxygen atoms in total. The van der Waals surface area contributed by atoms with E-state index in [9.17, 15) is 17.6 Å². The average molecular weight is 289 g/mol. The molecule has 0 amide bonds. The van der Waals surface area contributed by atoms with Crippen molar-refractivity contribution in [2.45, 2.75) is 17.7 Å². The summed E-state index contributed by atoms with van der Waals surface area (Å²) in [5.74, 6) is -2.50. The molecule has 0 aromatic heterocycles. The number of hydrogen-bond acceptors (Lipinski definition) is 4. The van der Waals surface area contributed by atoms with Crippen LogP contribution >= 0.6 is 0 Å². The third kappa shape index (κ3) is 2.75. The Hall–Kier alpha value is -1.51. The van der Waals surface area contributed by atoms with Crippen LogP contribution in [0, 0.1) is 5.82 Å². The van der Waals surface area contributed by atoms with Crippen LogP contribution < -0.4 is 0 Å². The lowest BCUT2D eigenvalue weighted by Crippen LogP contribution is -2.35. The number of hydrogen-bond donors (Lipinski definition) is 1. The van der Waals surface area contributed by atoms with Gasteiger partial charge < -0.3 is 5.11 Å². The number of halogens is 1. The highest BCUT2D eigenvalue weighted by Crippen LogP contribution is 2.22. The van der Waals surface area contributed by atoms with Gasteiger partial charge in [0.2, 0.25) is 0 Å². The average Bonchev–Trinajstić information content (AvgIpc) is 2.39. The molecule has 1 heterocycles. The molecule has 1 fully saturated rings. The zero-order valence-electron chi connectivity index (χ0n) is 9.87. The van der Waals surface area contributed by atoms with Gasteiger partial charge in [-0.05, 0) is 31.0 Å². The smallest absolute Gasteiger partial charge is 0.338 e. The number of hydroxylamine groups is 1. The van der Waals surface area contributed by atoms with Gasteiger partial charge in [-0.15, -0.1) is 0 Å². The molecule has 1 aromatic carbocycles. The van der Waals surface area contributed by atoms with Crippen LogP contribution in [0.4, 0.5) is 4.39 Å². The topological polar surface area (TPSA) is 83.9 Å². The Labute approximate surface area is 109 Å². The van der Waals surface area contributed by atoms with Crippen molar-refractivity contribution >= 4 is 16.0 Å². The van der Waals surface area contributed by atoms with E-state index < -0.39 is 27.4 Å². The lowest BCUT2D eigenvalue weighted by molar-refractivity contribution is -0.108. The molecule has 0 spiro atoms.